The summed E-state index contributed by atoms with van der Waals surface area (Å²) in [5.74, 6) is 0. The first-order valence-electron chi connectivity index (χ1n) is 15.1. The molecule has 4 nitrogen and oxygen atoms in total. The average Bonchev–Trinajstić information content (AvgIpc) is 3.46. The second-order valence-electron chi connectivity index (χ2n) is 11.3. The molecule has 0 saturated heterocycles. The monoisotopic (exact) mass is 574 g/mol. The number of hydrogen-bond acceptors (Lipinski definition) is 3. The quantitative estimate of drug-likeness (QED) is 0.196. The lowest BCUT2D eigenvalue weighted by atomic mass is 9.92. The summed E-state index contributed by atoms with van der Waals surface area (Å²) in [6.07, 6.45) is 3.69. The van der Waals surface area contributed by atoms with E-state index in [-0.39, 0.29) is 0 Å². The van der Waals surface area contributed by atoms with Gasteiger partial charge in [0.05, 0.1) is 33.6 Å². The largest absolute Gasteiger partial charge is 0.308 e. The fourth-order valence-electron chi connectivity index (χ4n) is 6.64. The summed E-state index contributed by atoms with van der Waals surface area (Å²) in [6.45, 7) is 0. The van der Waals surface area contributed by atoms with E-state index in [1.54, 1.807) is 0 Å². The van der Waals surface area contributed by atoms with Gasteiger partial charge in [0.15, 0.2) is 0 Å². The average molecular weight is 575 g/mol. The first-order valence-corrected chi connectivity index (χ1v) is 15.1. The van der Waals surface area contributed by atoms with E-state index in [0.717, 1.165) is 55.8 Å². The van der Waals surface area contributed by atoms with Crippen molar-refractivity contribution in [1.29, 1.82) is 0 Å². The van der Waals surface area contributed by atoms with Gasteiger partial charge in [0.1, 0.15) is 0 Å². The minimum atomic E-state index is 0.840. The molecule has 0 N–H and O–H groups in total. The van der Waals surface area contributed by atoms with Crippen molar-refractivity contribution in [2.45, 2.75) is 0 Å². The van der Waals surface area contributed by atoms with Crippen molar-refractivity contribution in [3.8, 4) is 39.5 Å². The van der Waals surface area contributed by atoms with Crippen molar-refractivity contribution in [3.05, 3.63) is 158 Å². The van der Waals surface area contributed by atoms with E-state index in [2.05, 4.69) is 131 Å². The molecule has 0 aliphatic heterocycles. The van der Waals surface area contributed by atoms with Gasteiger partial charge in [-0.05, 0) is 93.3 Å². The molecule has 0 radical (unpaired) electrons. The molecule has 9 rings (SSSR count). The Morgan fingerprint density at radius 2 is 1.16 bits per heavy atom. The molecular formula is C41H26N4. The van der Waals surface area contributed by atoms with Crippen LogP contribution < -0.4 is 0 Å². The molecule has 0 fully saturated rings. The first kappa shape index (κ1) is 25.4. The fraction of sp³-hybridized carbons (Fsp3) is 0. The van der Waals surface area contributed by atoms with Crippen LogP contribution in [0.1, 0.15) is 0 Å². The van der Waals surface area contributed by atoms with E-state index < -0.39 is 0 Å². The lowest BCUT2D eigenvalue weighted by Gasteiger charge is -2.15. The molecule has 0 atom stereocenters. The van der Waals surface area contributed by atoms with Crippen LogP contribution >= 0.6 is 0 Å². The lowest BCUT2D eigenvalue weighted by Crippen LogP contribution is -1.96. The number of pyridine rings is 3. The predicted molar refractivity (Wildman–Crippen MR) is 185 cm³/mol. The minimum absolute atomic E-state index is 0.840. The number of aromatic nitrogens is 4. The van der Waals surface area contributed by atoms with Crippen LogP contribution in [0.25, 0.3) is 82.9 Å². The fourth-order valence-corrected chi connectivity index (χ4v) is 6.64. The molecule has 0 saturated carbocycles. The van der Waals surface area contributed by atoms with E-state index in [9.17, 15) is 0 Å². The maximum Gasteiger partial charge on any atom is 0.0963 e. The highest BCUT2D eigenvalue weighted by atomic mass is 15.0. The summed E-state index contributed by atoms with van der Waals surface area (Å²) in [7, 11) is 0. The molecule has 0 aliphatic carbocycles. The van der Waals surface area contributed by atoms with Gasteiger partial charge in [-0.15, -0.1) is 0 Å². The number of hydrogen-bond donors (Lipinski definition) is 0. The van der Waals surface area contributed by atoms with Crippen molar-refractivity contribution in [1.82, 2.24) is 19.5 Å². The van der Waals surface area contributed by atoms with Crippen LogP contribution in [0.5, 0.6) is 0 Å². The Labute approximate surface area is 259 Å². The third-order valence-corrected chi connectivity index (χ3v) is 8.66. The van der Waals surface area contributed by atoms with E-state index in [1.807, 2.05) is 36.7 Å². The van der Waals surface area contributed by atoms with Crippen LogP contribution in [0.2, 0.25) is 0 Å². The molecule has 0 bridgehead atoms. The van der Waals surface area contributed by atoms with Crippen LogP contribution in [0, 0.1) is 0 Å². The highest BCUT2D eigenvalue weighted by molar-refractivity contribution is 6.14. The van der Waals surface area contributed by atoms with E-state index in [1.165, 1.54) is 27.1 Å². The van der Waals surface area contributed by atoms with Crippen LogP contribution in [-0.2, 0) is 0 Å². The molecule has 9 aromatic rings. The second kappa shape index (κ2) is 10.2. The number of fused-ring (bicyclic) bond motifs is 6. The smallest absolute Gasteiger partial charge is 0.0963 e. The van der Waals surface area contributed by atoms with Gasteiger partial charge in [0.25, 0.3) is 0 Å². The van der Waals surface area contributed by atoms with Crippen molar-refractivity contribution in [2.75, 3.05) is 0 Å². The molecule has 0 unspecified atom stereocenters. The van der Waals surface area contributed by atoms with E-state index in [4.69, 9.17) is 9.97 Å². The van der Waals surface area contributed by atoms with Crippen LogP contribution in [0.4, 0.5) is 0 Å². The zero-order valence-electron chi connectivity index (χ0n) is 24.3. The molecule has 4 heteroatoms. The van der Waals surface area contributed by atoms with Crippen molar-refractivity contribution in [3.63, 3.8) is 0 Å². The number of rotatable bonds is 4. The Bertz CT molecular complexity index is 2490. The molecular weight excluding hydrogens is 548 g/mol. The molecule has 0 aliphatic rings. The molecule has 0 spiro atoms. The number of para-hydroxylation sites is 1. The van der Waals surface area contributed by atoms with Crippen molar-refractivity contribution < 1.29 is 0 Å². The van der Waals surface area contributed by atoms with Crippen molar-refractivity contribution >= 4 is 43.5 Å². The second-order valence-corrected chi connectivity index (χ2v) is 11.3. The molecule has 0 amide bonds. The third-order valence-electron chi connectivity index (χ3n) is 8.66. The maximum atomic E-state index is 5.20. The normalized spacial score (nSPS) is 11.6. The standard InChI is InChI=1S/C41H26N4/c1-2-14-31-27(11-1)24-35(33-16-4-3-15-32(31)33)29-25-37(44-38(26-29)36-18-7-8-21-42-36)28-12-9-13-30(23-28)45-39-19-6-5-17-34(39)41-40(45)20-10-22-43-41/h1-26H. The van der Waals surface area contributed by atoms with Gasteiger partial charge in [-0.3, -0.25) is 9.97 Å². The Balaban J connectivity index is 1.29. The van der Waals surface area contributed by atoms with Gasteiger partial charge in [0, 0.05) is 29.0 Å². The van der Waals surface area contributed by atoms with Crippen LogP contribution in [0.3, 0.4) is 0 Å². The zero-order chi connectivity index (χ0) is 29.7. The Morgan fingerprint density at radius 1 is 0.422 bits per heavy atom. The molecule has 4 aromatic heterocycles. The van der Waals surface area contributed by atoms with Gasteiger partial charge in [0.2, 0.25) is 0 Å². The highest BCUT2D eigenvalue weighted by Gasteiger charge is 2.16. The van der Waals surface area contributed by atoms with Gasteiger partial charge >= 0.3 is 0 Å². The van der Waals surface area contributed by atoms with Gasteiger partial charge in [-0.25, -0.2) is 4.98 Å². The summed E-state index contributed by atoms with van der Waals surface area (Å²) in [5.41, 5.74) is 10.2. The molecule has 210 valence electrons. The summed E-state index contributed by atoms with van der Waals surface area (Å²) >= 11 is 0. The van der Waals surface area contributed by atoms with Crippen LogP contribution in [0.15, 0.2) is 158 Å². The predicted octanol–water partition coefficient (Wildman–Crippen LogP) is 10.3. The third kappa shape index (κ3) is 4.19. The number of benzene rings is 5. The van der Waals surface area contributed by atoms with Gasteiger partial charge < -0.3 is 4.57 Å². The Morgan fingerprint density at radius 3 is 2.04 bits per heavy atom. The SMILES string of the molecule is c1ccc(-c2cc(-c3cc4ccccc4c4ccccc34)cc(-c3cccc(-n4c5ccccc5c5ncccc54)c3)n2)nc1. The van der Waals surface area contributed by atoms with Gasteiger partial charge in [-0.1, -0.05) is 84.9 Å². The minimum Gasteiger partial charge on any atom is -0.308 e. The highest BCUT2D eigenvalue weighted by Crippen LogP contribution is 2.38. The zero-order valence-corrected chi connectivity index (χ0v) is 24.3. The van der Waals surface area contributed by atoms with Crippen molar-refractivity contribution in [2.24, 2.45) is 0 Å². The number of nitrogens with zero attached hydrogens (tertiary/aromatic N) is 4. The molecule has 4 heterocycles. The lowest BCUT2D eigenvalue weighted by molar-refractivity contribution is 1.17. The van der Waals surface area contributed by atoms with Crippen LogP contribution in [-0.4, -0.2) is 19.5 Å². The Hall–Kier alpha value is -6.13. The maximum absolute atomic E-state index is 5.20. The van der Waals surface area contributed by atoms with Gasteiger partial charge in [-0.2, -0.15) is 0 Å². The Kier molecular flexibility index (Phi) is 5.78. The first-order chi connectivity index (χ1) is 22.3. The summed E-state index contributed by atoms with van der Waals surface area (Å²) in [4.78, 5) is 14.6. The van der Waals surface area contributed by atoms with E-state index >= 15 is 0 Å². The molecule has 45 heavy (non-hydrogen) atoms. The summed E-state index contributed by atoms with van der Waals surface area (Å²) < 4.78 is 2.29. The summed E-state index contributed by atoms with van der Waals surface area (Å²) in [6, 6.07) is 51.2. The summed E-state index contributed by atoms with van der Waals surface area (Å²) in [5, 5.41) is 6.06. The van der Waals surface area contributed by atoms with E-state index in [0.29, 0.717) is 0 Å². The topological polar surface area (TPSA) is 43.6 Å². The molecule has 5 aromatic carbocycles.